The molecule has 1 aliphatic heterocycles. The second kappa shape index (κ2) is 7.01. The van der Waals surface area contributed by atoms with Crippen LogP contribution in [0.25, 0.3) is 0 Å². The van der Waals surface area contributed by atoms with Crippen LogP contribution in [0.4, 0.5) is 0 Å². The molecule has 0 aromatic heterocycles. The largest absolute Gasteiger partial charge is 0.465 e. The average molecular weight is 296 g/mol. The minimum atomic E-state index is -0.695. The molecule has 1 aliphatic rings. The van der Waals surface area contributed by atoms with Crippen molar-refractivity contribution in [3.05, 3.63) is 35.9 Å². The molecule has 1 aromatic carbocycles. The number of esters is 1. The van der Waals surface area contributed by atoms with Gasteiger partial charge in [-0.25, -0.2) is 0 Å². The van der Waals surface area contributed by atoms with E-state index >= 15 is 0 Å². The van der Waals surface area contributed by atoms with E-state index in [0.717, 1.165) is 11.5 Å². The molecule has 3 nitrogen and oxygen atoms in total. The van der Waals surface area contributed by atoms with Gasteiger partial charge >= 0.3 is 5.97 Å². The fraction of sp³-hybridized carbons (Fsp3) is 0.429. The number of carbonyl (C=O) groups is 2. The van der Waals surface area contributed by atoms with Gasteiger partial charge < -0.3 is 4.74 Å². The van der Waals surface area contributed by atoms with Crippen molar-refractivity contribution in [2.24, 2.45) is 5.92 Å². The third-order valence-electron chi connectivity index (χ3n) is 2.80. The number of benzene rings is 1. The van der Waals surface area contributed by atoms with Gasteiger partial charge in [-0.15, -0.1) is 23.5 Å². The number of ketones is 1. The SMILES string of the molecule is CCOC(=O)C(C(=O)c1ccccc1)C1SCCS1. The normalized spacial score (nSPS) is 17.1. The number of hydrogen-bond acceptors (Lipinski definition) is 5. The van der Waals surface area contributed by atoms with Gasteiger partial charge in [0.2, 0.25) is 0 Å². The van der Waals surface area contributed by atoms with Gasteiger partial charge in [-0.3, -0.25) is 9.59 Å². The molecule has 0 amide bonds. The molecule has 1 atom stereocenters. The van der Waals surface area contributed by atoms with Crippen LogP contribution in [0, 0.1) is 5.92 Å². The Balaban J connectivity index is 2.21. The lowest BCUT2D eigenvalue weighted by molar-refractivity contribution is -0.145. The van der Waals surface area contributed by atoms with E-state index in [0.29, 0.717) is 12.2 Å². The van der Waals surface area contributed by atoms with Crippen LogP contribution in [0.15, 0.2) is 30.3 Å². The fourth-order valence-electron chi connectivity index (χ4n) is 1.92. The molecular weight excluding hydrogens is 280 g/mol. The van der Waals surface area contributed by atoms with Gasteiger partial charge in [0.25, 0.3) is 0 Å². The number of hydrogen-bond donors (Lipinski definition) is 0. The van der Waals surface area contributed by atoms with E-state index in [-0.39, 0.29) is 10.4 Å². The summed E-state index contributed by atoms with van der Waals surface area (Å²) < 4.78 is 5.05. The summed E-state index contributed by atoms with van der Waals surface area (Å²) in [7, 11) is 0. The van der Waals surface area contributed by atoms with E-state index in [2.05, 4.69) is 0 Å². The summed E-state index contributed by atoms with van der Waals surface area (Å²) in [6.07, 6.45) is 0. The van der Waals surface area contributed by atoms with Crippen molar-refractivity contribution in [1.29, 1.82) is 0 Å². The highest BCUT2D eigenvalue weighted by Crippen LogP contribution is 2.39. The third-order valence-corrected chi connectivity index (χ3v) is 5.96. The topological polar surface area (TPSA) is 43.4 Å². The average Bonchev–Trinajstić information content (AvgIpc) is 2.94. The lowest BCUT2D eigenvalue weighted by atomic mass is 9.99. The summed E-state index contributed by atoms with van der Waals surface area (Å²) in [6, 6.07) is 8.97. The molecule has 0 spiro atoms. The zero-order valence-electron chi connectivity index (χ0n) is 10.7. The predicted molar refractivity (Wildman–Crippen MR) is 79.6 cm³/mol. The third kappa shape index (κ3) is 3.54. The Labute approximate surface area is 121 Å². The summed E-state index contributed by atoms with van der Waals surface area (Å²) >= 11 is 3.34. The van der Waals surface area contributed by atoms with Crippen molar-refractivity contribution in [2.45, 2.75) is 11.5 Å². The molecule has 102 valence electrons. The molecule has 0 saturated carbocycles. The van der Waals surface area contributed by atoms with E-state index in [9.17, 15) is 9.59 Å². The lowest BCUT2D eigenvalue weighted by Gasteiger charge is -2.19. The van der Waals surface area contributed by atoms with Crippen molar-refractivity contribution in [3.63, 3.8) is 0 Å². The molecule has 1 unspecified atom stereocenters. The van der Waals surface area contributed by atoms with Crippen molar-refractivity contribution < 1.29 is 14.3 Å². The van der Waals surface area contributed by atoms with E-state index in [4.69, 9.17) is 4.74 Å². The summed E-state index contributed by atoms with van der Waals surface area (Å²) in [5.41, 5.74) is 0.577. The smallest absolute Gasteiger partial charge is 0.318 e. The predicted octanol–water partition coefficient (Wildman–Crippen LogP) is 2.85. The second-order valence-electron chi connectivity index (χ2n) is 4.07. The first-order chi connectivity index (χ1) is 9.24. The minimum absolute atomic E-state index is 0.0215. The van der Waals surface area contributed by atoms with Crippen LogP contribution >= 0.6 is 23.5 Å². The first-order valence-corrected chi connectivity index (χ1v) is 8.33. The van der Waals surface area contributed by atoms with Crippen LogP contribution in [0.2, 0.25) is 0 Å². The molecule has 0 aliphatic carbocycles. The van der Waals surface area contributed by atoms with E-state index in [1.807, 2.05) is 18.2 Å². The van der Waals surface area contributed by atoms with Crippen molar-refractivity contribution in [3.8, 4) is 0 Å². The second-order valence-corrected chi connectivity index (χ2v) is 6.87. The molecule has 1 fully saturated rings. The highest BCUT2D eigenvalue weighted by atomic mass is 32.2. The Morgan fingerprint density at radius 3 is 2.47 bits per heavy atom. The number of carbonyl (C=O) groups excluding carboxylic acids is 2. The monoisotopic (exact) mass is 296 g/mol. The number of Topliss-reactive ketones (excluding diaryl/α,β-unsaturated/α-hetero) is 1. The van der Waals surface area contributed by atoms with Crippen LogP contribution < -0.4 is 0 Å². The first-order valence-electron chi connectivity index (χ1n) is 6.23. The van der Waals surface area contributed by atoms with Gasteiger partial charge in [0.05, 0.1) is 11.2 Å². The number of thioether (sulfide) groups is 2. The van der Waals surface area contributed by atoms with Gasteiger partial charge in [0.1, 0.15) is 5.92 Å². The van der Waals surface area contributed by atoms with Crippen LogP contribution in [-0.2, 0) is 9.53 Å². The summed E-state index contributed by atoms with van der Waals surface area (Å²) in [6.45, 7) is 2.07. The van der Waals surface area contributed by atoms with E-state index < -0.39 is 11.9 Å². The maximum Gasteiger partial charge on any atom is 0.318 e. The Kier molecular flexibility index (Phi) is 5.34. The minimum Gasteiger partial charge on any atom is -0.465 e. The molecule has 0 bridgehead atoms. The van der Waals surface area contributed by atoms with E-state index in [1.165, 1.54) is 0 Å². The molecule has 0 radical (unpaired) electrons. The van der Waals surface area contributed by atoms with Gasteiger partial charge in [-0.1, -0.05) is 30.3 Å². The molecule has 2 rings (SSSR count). The molecular formula is C14H16O3S2. The van der Waals surface area contributed by atoms with Crippen LogP contribution in [0.5, 0.6) is 0 Å². The zero-order chi connectivity index (χ0) is 13.7. The van der Waals surface area contributed by atoms with Gasteiger partial charge in [0.15, 0.2) is 5.78 Å². The Hall–Kier alpha value is -0.940. The zero-order valence-corrected chi connectivity index (χ0v) is 12.3. The number of rotatable bonds is 5. The summed E-state index contributed by atoms with van der Waals surface area (Å²) in [4.78, 5) is 24.6. The van der Waals surface area contributed by atoms with Crippen molar-refractivity contribution >= 4 is 35.3 Å². The van der Waals surface area contributed by atoms with Crippen LogP contribution in [-0.4, -0.2) is 34.4 Å². The molecule has 19 heavy (non-hydrogen) atoms. The standard InChI is InChI=1S/C14H16O3S2/c1-2-17-13(16)11(14-18-8-9-19-14)12(15)10-6-4-3-5-7-10/h3-7,11,14H,2,8-9H2,1H3. The Morgan fingerprint density at radius 1 is 1.26 bits per heavy atom. The van der Waals surface area contributed by atoms with Gasteiger partial charge in [-0.2, -0.15) is 0 Å². The van der Waals surface area contributed by atoms with Crippen molar-refractivity contribution in [2.75, 3.05) is 18.1 Å². The van der Waals surface area contributed by atoms with Gasteiger partial charge in [0, 0.05) is 17.1 Å². The highest BCUT2D eigenvalue weighted by molar-refractivity contribution is 8.20. The summed E-state index contributed by atoms with van der Waals surface area (Å²) in [5, 5.41) is 0. The maximum absolute atomic E-state index is 12.5. The molecule has 5 heteroatoms. The molecule has 0 N–H and O–H groups in total. The van der Waals surface area contributed by atoms with Crippen LogP contribution in [0.3, 0.4) is 0 Å². The fourth-order valence-corrected chi connectivity index (χ4v) is 4.98. The summed E-state index contributed by atoms with van der Waals surface area (Å²) in [5.74, 6) is 0.731. The Bertz CT molecular complexity index is 441. The van der Waals surface area contributed by atoms with Gasteiger partial charge in [-0.05, 0) is 6.92 Å². The lowest BCUT2D eigenvalue weighted by Crippen LogP contribution is -2.32. The van der Waals surface area contributed by atoms with Crippen LogP contribution in [0.1, 0.15) is 17.3 Å². The molecule has 1 heterocycles. The molecule has 1 saturated heterocycles. The number of ether oxygens (including phenoxy) is 1. The highest BCUT2D eigenvalue weighted by Gasteiger charge is 2.39. The van der Waals surface area contributed by atoms with E-state index in [1.54, 1.807) is 42.6 Å². The quantitative estimate of drug-likeness (QED) is 0.475. The van der Waals surface area contributed by atoms with Crippen molar-refractivity contribution in [1.82, 2.24) is 0 Å². The molecule has 1 aromatic rings. The maximum atomic E-state index is 12.5. The first kappa shape index (κ1) is 14.5. The Morgan fingerprint density at radius 2 is 1.89 bits per heavy atom.